The van der Waals surface area contributed by atoms with Gasteiger partial charge in [0, 0.05) is 51.2 Å². The molecule has 9 heteroatoms. The van der Waals surface area contributed by atoms with Crippen molar-refractivity contribution in [2.75, 3.05) is 39.1 Å². The molecule has 0 spiro atoms. The van der Waals surface area contributed by atoms with E-state index in [1.807, 2.05) is 0 Å². The van der Waals surface area contributed by atoms with Crippen LogP contribution in [0.15, 0.2) is 0 Å². The molecule has 0 fully saturated rings. The Morgan fingerprint density at radius 3 is 1.19 bits per heavy atom. The molecular weight excluding hydrogens is 440 g/mol. The predicted octanol–water partition coefficient (Wildman–Crippen LogP) is 3.82. The van der Waals surface area contributed by atoms with Crippen molar-refractivity contribution >= 4 is 49.5 Å². The average Bonchev–Trinajstić information content (AvgIpc) is 2.53. The molecule has 0 atom stereocenters. The first-order valence-electron chi connectivity index (χ1n) is 7.10. The first-order chi connectivity index (χ1) is 10.1. The molecule has 0 radical (unpaired) electrons. The van der Waals surface area contributed by atoms with Gasteiger partial charge in [0.25, 0.3) is 0 Å². The van der Waals surface area contributed by atoms with Crippen molar-refractivity contribution in [3.8, 4) is 0 Å². The molecule has 0 amide bonds. The monoisotopic (exact) mass is 466 g/mol. The van der Waals surface area contributed by atoms with Crippen LogP contribution in [0.1, 0.15) is 25.7 Å². The van der Waals surface area contributed by atoms with Gasteiger partial charge in [0.2, 0.25) is 0 Å². The van der Waals surface area contributed by atoms with Crippen LogP contribution in [-0.4, -0.2) is 56.7 Å². The Bertz CT molecular complexity index is 230. The number of unbranched alkanes of at least 4 members (excludes halogenated alkanes) is 2. The molecule has 0 aliphatic heterocycles. The number of hydrogen-bond donors (Lipinski definition) is 0. The SMILES string of the molecule is CO[Si](CCCCBr)(OC)O[Si](CCCCBr)(OC)OC. The lowest BCUT2D eigenvalue weighted by molar-refractivity contribution is 0.0859. The van der Waals surface area contributed by atoms with Crippen LogP contribution in [0.5, 0.6) is 0 Å². The first kappa shape index (κ1) is 22.2. The molecule has 21 heavy (non-hydrogen) atoms. The van der Waals surface area contributed by atoms with Crippen molar-refractivity contribution in [1.29, 1.82) is 0 Å². The number of alkyl halides is 2. The lowest BCUT2D eigenvalue weighted by atomic mass is 10.4. The van der Waals surface area contributed by atoms with E-state index in [0.717, 1.165) is 48.4 Å². The summed E-state index contributed by atoms with van der Waals surface area (Å²) in [6, 6.07) is 1.54. The molecule has 0 aliphatic carbocycles. The van der Waals surface area contributed by atoms with Crippen LogP contribution in [0, 0.1) is 0 Å². The topological polar surface area (TPSA) is 46.2 Å². The zero-order valence-corrected chi connectivity index (χ0v) is 18.6. The van der Waals surface area contributed by atoms with E-state index in [1.54, 1.807) is 28.4 Å². The van der Waals surface area contributed by atoms with Crippen LogP contribution in [0.25, 0.3) is 0 Å². The molecule has 0 aromatic rings. The van der Waals surface area contributed by atoms with Gasteiger partial charge in [-0.25, -0.2) is 0 Å². The second-order valence-electron chi connectivity index (χ2n) is 4.58. The summed E-state index contributed by atoms with van der Waals surface area (Å²) in [4.78, 5) is 0. The molecule has 0 rings (SSSR count). The smallest absolute Gasteiger partial charge is 0.377 e. The fourth-order valence-electron chi connectivity index (χ4n) is 1.95. The summed E-state index contributed by atoms with van der Waals surface area (Å²) in [6.07, 6.45) is 4.09. The Hall–Kier alpha value is 1.19. The minimum Gasteiger partial charge on any atom is -0.377 e. The molecule has 0 bridgehead atoms. The second-order valence-corrected chi connectivity index (χ2v) is 12.3. The number of halogens is 2. The molecule has 0 saturated carbocycles. The molecule has 0 aromatic carbocycles. The van der Waals surface area contributed by atoms with E-state index in [0.29, 0.717) is 0 Å². The third-order valence-corrected chi connectivity index (χ3v) is 11.3. The Kier molecular flexibility index (Phi) is 13.3. The van der Waals surface area contributed by atoms with E-state index in [-0.39, 0.29) is 0 Å². The van der Waals surface area contributed by atoms with Crippen molar-refractivity contribution in [3.63, 3.8) is 0 Å². The quantitative estimate of drug-likeness (QED) is 0.221. The number of rotatable bonds is 14. The van der Waals surface area contributed by atoms with Crippen LogP contribution in [-0.2, 0) is 21.8 Å². The lowest BCUT2D eigenvalue weighted by Gasteiger charge is -2.35. The third-order valence-electron chi connectivity index (χ3n) is 3.29. The zero-order chi connectivity index (χ0) is 16.2. The molecule has 5 nitrogen and oxygen atoms in total. The largest absolute Gasteiger partial charge is 0.493 e. The molecular formula is C12H28Br2O5Si2. The van der Waals surface area contributed by atoms with Gasteiger partial charge in [-0.2, -0.15) is 0 Å². The highest BCUT2D eigenvalue weighted by molar-refractivity contribution is 9.09. The third kappa shape index (κ3) is 8.02. The highest BCUT2D eigenvalue weighted by Crippen LogP contribution is 2.27. The normalized spacial score (nSPS) is 12.9. The lowest BCUT2D eigenvalue weighted by Crippen LogP contribution is -2.57. The summed E-state index contributed by atoms with van der Waals surface area (Å²) in [7, 11) is 1.10. The van der Waals surface area contributed by atoms with Crippen molar-refractivity contribution < 1.29 is 21.8 Å². The van der Waals surface area contributed by atoms with E-state index >= 15 is 0 Å². The Morgan fingerprint density at radius 2 is 0.952 bits per heavy atom. The van der Waals surface area contributed by atoms with Crippen LogP contribution < -0.4 is 0 Å². The summed E-state index contributed by atoms with van der Waals surface area (Å²) in [5.74, 6) is 0. The maximum atomic E-state index is 6.27. The molecule has 0 unspecified atom stereocenters. The minimum absolute atomic E-state index is 0.769. The van der Waals surface area contributed by atoms with Gasteiger partial charge in [-0.15, -0.1) is 0 Å². The van der Waals surface area contributed by atoms with Gasteiger partial charge >= 0.3 is 17.6 Å². The van der Waals surface area contributed by atoms with E-state index in [1.165, 1.54) is 0 Å². The highest BCUT2D eigenvalue weighted by Gasteiger charge is 2.51. The van der Waals surface area contributed by atoms with Gasteiger partial charge in [-0.1, -0.05) is 31.9 Å². The summed E-state index contributed by atoms with van der Waals surface area (Å²) in [5.41, 5.74) is 0. The fraction of sp³-hybridized carbons (Fsp3) is 1.00. The fourth-order valence-corrected chi connectivity index (χ4v) is 9.31. The van der Waals surface area contributed by atoms with E-state index in [4.69, 9.17) is 21.8 Å². The molecule has 128 valence electrons. The summed E-state index contributed by atoms with van der Waals surface area (Å²) >= 11 is 6.88. The van der Waals surface area contributed by atoms with Crippen molar-refractivity contribution in [2.24, 2.45) is 0 Å². The van der Waals surface area contributed by atoms with Crippen LogP contribution in [0.4, 0.5) is 0 Å². The first-order valence-corrected chi connectivity index (χ1v) is 13.2. The Labute approximate surface area is 148 Å². The highest BCUT2D eigenvalue weighted by atomic mass is 79.9. The Balaban J connectivity index is 4.85. The standard InChI is InChI=1S/C12H28Br2O5Si2/c1-15-20(16-2,11-7-5-9-13)19-21(17-3,18-4)12-8-6-10-14/h5-12H2,1-4H3. The van der Waals surface area contributed by atoms with Crippen LogP contribution >= 0.6 is 31.9 Å². The molecule has 0 heterocycles. The van der Waals surface area contributed by atoms with E-state index in [2.05, 4.69) is 31.9 Å². The zero-order valence-electron chi connectivity index (χ0n) is 13.5. The summed E-state index contributed by atoms with van der Waals surface area (Å²) < 4.78 is 28.8. The van der Waals surface area contributed by atoms with Crippen molar-refractivity contribution in [3.05, 3.63) is 0 Å². The van der Waals surface area contributed by atoms with E-state index in [9.17, 15) is 0 Å². The van der Waals surface area contributed by atoms with E-state index < -0.39 is 17.6 Å². The molecule has 0 N–H and O–H groups in total. The van der Waals surface area contributed by atoms with Gasteiger partial charge in [0.1, 0.15) is 0 Å². The maximum Gasteiger partial charge on any atom is 0.493 e. The predicted molar refractivity (Wildman–Crippen MR) is 96.3 cm³/mol. The average molecular weight is 468 g/mol. The van der Waals surface area contributed by atoms with Crippen molar-refractivity contribution in [1.82, 2.24) is 0 Å². The molecule has 0 aromatic heterocycles. The summed E-state index contributed by atoms with van der Waals surface area (Å²) in [5, 5.41) is 1.93. The second kappa shape index (κ2) is 12.6. The minimum atomic E-state index is -2.74. The van der Waals surface area contributed by atoms with Crippen LogP contribution in [0.2, 0.25) is 12.1 Å². The van der Waals surface area contributed by atoms with Gasteiger partial charge in [0.15, 0.2) is 0 Å². The molecule has 0 saturated heterocycles. The molecule has 0 aliphatic rings. The maximum absolute atomic E-state index is 6.27. The van der Waals surface area contributed by atoms with Gasteiger partial charge in [0.05, 0.1) is 0 Å². The van der Waals surface area contributed by atoms with Gasteiger partial charge < -0.3 is 21.8 Å². The summed E-state index contributed by atoms with van der Waals surface area (Å²) in [6.45, 7) is 0. The van der Waals surface area contributed by atoms with Gasteiger partial charge in [-0.05, 0) is 25.7 Å². The number of hydrogen-bond acceptors (Lipinski definition) is 5. The van der Waals surface area contributed by atoms with Crippen molar-refractivity contribution in [2.45, 2.75) is 37.8 Å². The Morgan fingerprint density at radius 1 is 0.619 bits per heavy atom. The van der Waals surface area contributed by atoms with Gasteiger partial charge in [-0.3, -0.25) is 0 Å². The van der Waals surface area contributed by atoms with Crippen LogP contribution in [0.3, 0.4) is 0 Å².